The average Bonchev–Trinajstić information content (AvgIpc) is 2.60. The molecule has 1 aromatic heterocycles. The Kier molecular flexibility index (Phi) is 3.89. The van der Waals surface area contributed by atoms with E-state index in [0.29, 0.717) is 11.4 Å². The molecule has 3 nitrogen and oxygen atoms in total. The normalized spacial score (nSPS) is 10.0. The number of hydrogen-bond acceptors (Lipinski definition) is 3. The second-order valence-electron chi connectivity index (χ2n) is 2.65. The second-order valence-corrected chi connectivity index (χ2v) is 3.77. The van der Waals surface area contributed by atoms with Crippen molar-refractivity contribution < 1.29 is 4.79 Å². The molecule has 1 amide bonds. The summed E-state index contributed by atoms with van der Waals surface area (Å²) in [6.45, 7) is 2.00. The molecular formula is C10H10N2OS. The lowest BCUT2D eigenvalue weighted by Crippen LogP contribution is -2.19. The minimum absolute atomic E-state index is 0.0430. The van der Waals surface area contributed by atoms with Crippen LogP contribution in [0, 0.1) is 11.3 Å². The van der Waals surface area contributed by atoms with Crippen LogP contribution in [0.15, 0.2) is 18.2 Å². The van der Waals surface area contributed by atoms with Gasteiger partial charge in [-0.25, -0.2) is 0 Å². The number of thiophene rings is 1. The largest absolute Gasteiger partial charge is 0.353 e. The predicted octanol–water partition coefficient (Wildman–Crippen LogP) is 1.77. The average molecular weight is 206 g/mol. The van der Waals surface area contributed by atoms with E-state index in [9.17, 15) is 4.79 Å². The molecule has 1 aromatic rings. The van der Waals surface area contributed by atoms with Gasteiger partial charge in [0.05, 0.1) is 0 Å². The van der Waals surface area contributed by atoms with E-state index in [0.717, 1.165) is 4.88 Å². The molecule has 0 atom stereocenters. The minimum atomic E-state index is -0.0430. The van der Waals surface area contributed by atoms with Gasteiger partial charge in [-0.05, 0) is 18.2 Å². The molecule has 0 unspecified atom stereocenters. The van der Waals surface area contributed by atoms with Crippen molar-refractivity contribution in [2.75, 3.05) is 6.54 Å². The van der Waals surface area contributed by atoms with E-state index in [1.165, 1.54) is 18.3 Å². The molecule has 0 bridgehead atoms. The Labute approximate surface area is 86.7 Å². The maximum Gasteiger partial charge on any atom is 0.217 e. The van der Waals surface area contributed by atoms with E-state index in [-0.39, 0.29) is 5.91 Å². The Morgan fingerprint density at radius 2 is 2.50 bits per heavy atom. The summed E-state index contributed by atoms with van der Waals surface area (Å²) in [5.74, 6) is -0.0430. The van der Waals surface area contributed by atoms with E-state index >= 15 is 0 Å². The fourth-order valence-electron chi connectivity index (χ4n) is 0.880. The first-order chi connectivity index (χ1) is 6.72. The molecule has 0 radical (unpaired) electrons. The van der Waals surface area contributed by atoms with Gasteiger partial charge in [0.1, 0.15) is 10.9 Å². The van der Waals surface area contributed by atoms with Gasteiger partial charge in [-0.1, -0.05) is 6.08 Å². The molecular weight excluding hydrogens is 196 g/mol. The molecule has 14 heavy (non-hydrogen) atoms. The molecule has 1 heterocycles. The van der Waals surface area contributed by atoms with E-state index in [1.54, 1.807) is 6.07 Å². The van der Waals surface area contributed by atoms with Crippen molar-refractivity contribution in [3.63, 3.8) is 0 Å². The first kappa shape index (κ1) is 10.5. The van der Waals surface area contributed by atoms with E-state index < -0.39 is 0 Å². The fraction of sp³-hybridized carbons (Fsp3) is 0.200. The van der Waals surface area contributed by atoms with Crippen LogP contribution in [0.4, 0.5) is 0 Å². The third-order valence-electron chi connectivity index (χ3n) is 1.49. The molecule has 0 aliphatic carbocycles. The van der Waals surface area contributed by atoms with E-state index in [1.807, 2.05) is 18.2 Å². The van der Waals surface area contributed by atoms with Crippen molar-refractivity contribution in [1.82, 2.24) is 5.32 Å². The Bertz CT molecular complexity index is 387. The fourth-order valence-corrected chi connectivity index (χ4v) is 1.62. The number of carbonyl (C=O) groups is 1. The van der Waals surface area contributed by atoms with E-state index in [2.05, 4.69) is 11.4 Å². The number of nitriles is 1. The van der Waals surface area contributed by atoms with Crippen LogP contribution < -0.4 is 5.32 Å². The quantitative estimate of drug-likeness (QED) is 0.819. The molecule has 72 valence electrons. The molecule has 4 heteroatoms. The predicted molar refractivity (Wildman–Crippen MR) is 56.8 cm³/mol. The van der Waals surface area contributed by atoms with Crippen LogP contribution in [0.1, 0.15) is 16.7 Å². The highest BCUT2D eigenvalue weighted by molar-refractivity contribution is 7.13. The summed E-state index contributed by atoms with van der Waals surface area (Å²) in [5, 5.41) is 11.2. The highest BCUT2D eigenvalue weighted by Gasteiger charge is 1.94. The number of amides is 1. The lowest BCUT2D eigenvalue weighted by Gasteiger charge is -1.93. The van der Waals surface area contributed by atoms with Crippen molar-refractivity contribution in [2.45, 2.75) is 6.92 Å². The SMILES string of the molecule is CC(=O)NCC=Cc1ccc(C#N)s1. The topological polar surface area (TPSA) is 52.9 Å². The highest BCUT2D eigenvalue weighted by Crippen LogP contribution is 2.16. The Morgan fingerprint density at radius 1 is 1.71 bits per heavy atom. The number of nitrogens with one attached hydrogen (secondary N) is 1. The maximum absolute atomic E-state index is 10.5. The summed E-state index contributed by atoms with van der Waals surface area (Å²) in [5.41, 5.74) is 0. The van der Waals surface area contributed by atoms with Crippen LogP contribution in [0.25, 0.3) is 6.08 Å². The third-order valence-corrected chi connectivity index (χ3v) is 2.44. The maximum atomic E-state index is 10.5. The van der Waals surface area contributed by atoms with Crippen molar-refractivity contribution in [3.05, 3.63) is 28.0 Å². The Hall–Kier alpha value is -1.60. The van der Waals surface area contributed by atoms with Crippen molar-refractivity contribution in [3.8, 4) is 6.07 Å². The molecule has 0 saturated carbocycles. The van der Waals surface area contributed by atoms with Gasteiger partial charge in [0.25, 0.3) is 0 Å². The van der Waals surface area contributed by atoms with E-state index in [4.69, 9.17) is 5.26 Å². The van der Waals surface area contributed by atoms with Gasteiger partial charge in [-0.3, -0.25) is 4.79 Å². The van der Waals surface area contributed by atoms with Crippen LogP contribution in [0.5, 0.6) is 0 Å². The zero-order valence-corrected chi connectivity index (χ0v) is 8.60. The highest BCUT2D eigenvalue weighted by atomic mass is 32.1. The summed E-state index contributed by atoms with van der Waals surface area (Å²) in [6.07, 6.45) is 3.75. The molecule has 0 aliphatic heterocycles. The molecule has 0 fully saturated rings. The summed E-state index contributed by atoms with van der Waals surface area (Å²) in [7, 11) is 0. The van der Waals surface area contributed by atoms with Gasteiger partial charge in [0, 0.05) is 18.3 Å². The van der Waals surface area contributed by atoms with Crippen LogP contribution in [-0.4, -0.2) is 12.5 Å². The van der Waals surface area contributed by atoms with Crippen LogP contribution in [-0.2, 0) is 4.79 Å². The van der Waals surface area contributed by atoms with Gasteiger partial charge in [0.2, 0.25) is 5.91 Å². The van der Waals surface area contributed by atoms with Gasteiger partial charge in [-0.15, -0.1) is 11.3 Å². The number of nitrogens with zero attached hydrogens (tertiary/aromatic N) is 1. The zero-order valence-electron chi connectivity index (χ0n) is 7.78. The van der Waals surface area contributed by atoms with Crippen molar-refractivity contribution in [1.29, 1.82) is 5.26 Å². The lowest BCUT2D eigenvalue weighted by molar-refractivity contribution is -0.118. The van der Waals surface area contributed by atoms with Crippen LogP contribution in [0.3, 0.4) is 0 Å². The third kappa shape index (κ3) is 3.42. The summed E-state index contributed by atoms with van der Waals surface area (Å²) >= 11 is 1.43. The zero-order chi connectivity index (χ0) is 10.4. The molecule has 1 N–H and O–H groups in total. The smallest absolute Gasteiger partial charge is 0.217 e. The lowest BCUT2D eigenvalue weighted by atomic mass is 10.4. The number of rotatable bonds is 3. The summed E-state index contributed by atoms with van der Waals surface area (Å²) in [6, 6.07) is 5.73. The standard InChI is InChI=1S/C10H10N2OS/c1-8(13)12-6-2-3-9-4-5-10(7-11)14-9/h2-5H,6H2,1H3,(H,12,13). The van der Waals surface area contributed by atoms with Crippen molar-refractivity contribution >= 4 is 23.3 Å². The van der Waals surface area contributed by atoms with Crippen LogP contribution in [0.2, 0.25) is 0 Å². The molecule has 0 aromatic carbocycles. The second kappa shape index (κ2) is 5.20. The summed E-state index contributed by atoms with van der Waals surface area (Å²) < 4.78 is 0. The van der Waals surface area contributed by atoms with Crippen LogP contribution >= 0.6 is 11.3 Å². The molecule has 0 aliphatic rings. The molecule has 1 rings (SSSR count). The number of carbonyl (C=O) groups excluding carboxylic acids is 1. The number of hydrogen-bond donors (Lipinski definition) is 1. The van der Waals surface area contributed by atoms with Gasteiger partial charge in [-0.2, -0.15) is 5.26 Å². The van der Waals surface area contributed by atoms with Gasteiger partial charge >= 0.3 is 0 Å². The van der Waals surface area contributed by atoms with Gasteiger partial charge in [0.15, 0.2) is 0 Å². The summed E-state index contributed by atoms with van der Waals surface area (Å²) in [4.78, 5) is 12.2. The Morgan fingerprint density at radius 3 is 3.07 bits per heavy atom. The minimum Gasteiger partial charge on any atom is -0.353 e. The van der Waals surface area contributed by atoms with Gasteiger partial charge < -0.3 is 5.32 Å². The first-order valence-electron chi connectivity index (χ1n) is 4.13. The first-order valence-corrected chi connectivity index (χ1v) is 4.95. The van der Waals surface area contributed by atoms with Crippen molar-refractivity contribution in [2.24, 2.45) is 0 Å². The Balaban J connectivity index is 2.44. The molecule has 0 spiro atoms. The molecule has 0 saturated heterocycles. The monoisotopic (exact) mass is 206 g/mol.